The third kappa shape index (κ3) is 2.48. The van der Waals surface area contributed by atoms with E-state index in [2.05, 4.69) is 4.74 Å². The molecule has 1 aromatic carbocycles. The molecule has 0 saturated carbocycles. The molecule has 0 amide bonds. The van der Waals surface area contributed by atoms with Gasteiger partial charge in [-0.15, -0.1) is 0 Å². The zero-order chi connectivity index (χ0) is 13.1. The Labute approximate surface area is 107 Å². The smallest absolute Gasteiger partial charge is 0.305 e. The molecule has 2 atom stereocenters. The minimum absolute atomic E-state index is 0.0333. The van der Waals surface area contributed by atoms with Gasteiger partial charge in [-0.25, -0.2) is 0 Å². The number of phenols is 1. The van der Waals surface area contributed by atoms with E-state index in [0.717, 1.165) is 24.0 Å². The highest BCUT2D eigenvalue weighted by atomic mass is 16.5. The first-order valence-corrected chi connectivity index (χ1v) is 6.26. The summed E-state index contributed by atoms with van der Waals surface area (Å²) in [5, 5.41) is 9.79. The average Bonchev–Trinajstić information content (AvgIpc) is 2.68. The lowest BCUT2D eigenvalue weighted by molar-refractivity contribution is -0.140. The van der Waals surface area contributed by atoms with Gasteiger partial charge in [0.05, 0.1) is 7.11 Å². The predicted molar refractivity (Wildman–Crippen MR) is 68.4 cm³/mol. The molecule has 0 aromatic heterocycles. The Balaban J connectivity index is 2.02. The summed E-state index contributed by atoms with van der Waals surface area (Å²) in [6.45, 7) is 0. The lowest BCUT2D eigenvalue weighted by atomic mass is 9.93. The lowest BCUT2D eigenvalue weighted by Gasteiger charge is -2.16. The van der Waals surface area contributed by atoms with Gasteiger partial charge in [0.2, 0.25) is 0 Å². The summed E-state index contributed by atoms with van der Waals surface area (Å²) in [6.07, 6.45) is 2.76. The molecule has 0 radical (unpaired) electrons. The molecule has 18 heavy (non-hydrogen) atoms. The maximum Gasteiger partial charge on any atom is 0.305 e. The summed E-state index contributed by atoms with van der Waals surface area (Å²) in [6, 6.07) is 5.60. The summed E-state index contributed by atoms with van der Waals surface area (Å²) in [7, 11) is 1.40. The molecule has 4 nitrogen and oxygen atoms in total. The van der Waals surface area contributed by atoms with Crippen molar-refractivity contribution in [1.29, 1.82) is 0 Å². The number of hydrogen-bond acceptors (Lipinski definition) is 4. The number of hydrogen-bond donors (Lipinski definition) is 2. The monoisotopic (exact) mass is 249 g/mol. The van der Waals surface area contributed by atoms with Crippen LogP contribution in [0.3, 0.4) is 0 Å². The largest absolute Gasteiger partial charge is 0.508 e. The molecule has 0 aliphatic heterocycles. The van der Waals surface area contributed by atoms with E-state index >= 15 is 0 Å². The number of phenolic OH excluding ortho intramolecular Hbond substituents is 1. The molecular weight excluding hydrogens is 230 g/mol. The van der Waals surface area contributed by atoms with E-state index in [-0.39, 0.29) is 17.9 Å². The number of rotatable bonds is 4. The Morgan fingerprint density at radius 3 is 3.06 bits per heavy atom. The van der Waals surface area contributed by atoms with Crippen molar-refractivity contribution in [2.75, 3.05) is 7.11 Å². The van der Waals surface area contributed by atoms with Crippen LogP contribution >= 0.6 is 0 Å². The molecule has 4 heteroatoms. The van der Waals surface area contributed by atoms with E-state index in [9.17, 15) is 9.90 Å². The van der Waals surface area contributed by atoms with Crippen LogP contribution in [0.2, 0.25) is 0 Å². The first-order valence-electron chi connectivity index (χ1n) is 6.26. The molecule has 2 rings (SSSR count). The Hall–Kier alpha value is -1.55. The van der Waals surface area contributed by atoms with Gasteiger partial charge in [0.25, 0.3) is 0 Å². The van der Waals surface area contributed by atoms with Crippen LogP contribution in [0.5, 0.6) is 5.75 Å². The van der Waals surface area contributed by atoms with E-state index in [1.165, 1.54) is 7.11 Å². The van der Waals surface area contributed by atoms with Crippen molar-refractivity contribution in [3.8, 4) is 5.75 Å². The number of carbonyl (C=O) groups is 1. The number of aromatic hydroxyl groups is 1. The van der Waals surface area contributed by atoms with Gasteiger partial charge in [-0.2, -0.15) is 0 Å². The fraction of sp³-hybridized carbons (Fsp3) is 0.500. The Morgan fingerprint density at radius 1 is 1.56 bits per heavy atom. The second-order valence-corrected chi connectivity index (χ2v) is 4.79. The van der Waals surface area contributed by atoms with E-state index in [1.807, 2.05) is 12.1 Å². The first kappa shape index (κ1) is 12.9. The average molecular weight is 249 g/mol. The minimum atomic E-state index is -0.183. The van der Waals surface area contributed by atoms with Gasteiger partial charge in [-0.05, 0) is 42.4 Å². The number of carbonyl (C=O) groups excluding carboxylic acids is 1. The van der Waals surface area contributed by atoms with Gasteiger partial charge in [0.1, 0.15) is 5.75 Å². The highest BCUT2D eigenvalue weighted by molar-refractivity contribution is 5.69. The van der Waals surface area contributed by atoms with Crippen molar-refractivity contribution in [1.82, 2.24) is 0 Å². The topological polar surface area (TPSA) is 72.5 Å². The fourth-order valence-corrected chi connectivity index (χ4v) is 2.71. The Bertz CT molecular complexity index is 445. The zero-order valence-electron chi connectivity index (χ0n) is 10.6. The second-order valence-electron chi connectivity index (χ2n) is 4.79. The SMILES string of the molecule is COC(=O)CCCC1c2cccc(O)c2CC1N. The normalized spacial score (nSPS) is 21.7. The summed E-state index contributed by atoms with van der Waals surface area (Å²) in [5.41, 5.74) is 8.22. The van der Waals surface area contributed by atoms with Crippen LogP contribution in [0.25, 0.3) is 0 Å². The van der Waals surface area contributed by atoms with E-state index in [1.54, 1.807) is 6.07 Å². The van der Waals surface area contributed by atoms with E-state index in [4.69, 9.17) is 5.73 Å². The number of ether oxygens (including phenoxy) is 1. The fourth-order valence-electron chi connectivity index (χ4n) is 2.71. The molecule has 2 unspecified atom stereocenters. The molecule has 98 valence electrons. The van der Waals surface area contributed by atoms with Crippen LogP contribution in [0.1, 0.15) is 36.3 Å². The van der Waals surface area contributed by atoms with Gasteiger partial charge in [-0.1, -0.05) is 12.1 Å². The van der Waals surface area contributed by atoms with E-state index < -0.39 is 0 Å². The van der Waals surface area contributed by atoms with Crippen molar-refractivity contribution in [3.63, 3.8) is 0 Å². The van der Waals surface area contributed by atoms with E-state index in [0.29, 0.717) is 18.6 Å². The van der Waals surface area contributed by atoms with Gasteiger partial charge >= 0.3 is 5.97 Å². The van der Waals surface area contributed by atoms with Crippen LogP contribution < -0.4 is 5.73 Å². The number of esters is 1. The highest BCUT2D eigenvalue weighted by Gasteiger charge is 2.31. The number of fused-ring (bicyclic) bond motifs is 1. The molecule has 0 heterocycles. The quantitative estimate of drug-likeness (QED) is 0.797. The maximum atomic E-state index is 11.1. The molecule has 1 aromatic rings. The van der Waals surface area contributed by atoms with Gasteiger partial charge < -0.3 is 15.6 Å². The van der Waals surface area contributed by atoms with Crippen LogP contribution in [0, 0.1) is 0 Å². The summed E-state index contributed by atoms with van der Waals surface area (Å²) in [4.78, 5) is 11.1. The van der Waals surface area contributed by atoms with Gasteiger partial charge in [0.15, 0.2) is 0 Å². The van der Waals surface area contributed by atoms with Crippen LogP contribution in [-0.4, -0.2) is 24.2 Å². The molecule has 0 fully saturated rings. The number of methoxy groups -OCH3 is 1. The van der Waals surface area contributed by atoms with Crippen molar-refractivity contribution < 1.29 is 14.6 Å². The predicted octanol–water partition coefficient (Wildman–Crippen LogP) is 1.70. The van der Waals surface area contributed by atoms with Crippen LogP contribution in [0.4, 0.5) is 0 Å². The minimum Gasteiger partial charge on any atom is -0.508 e. The van der Waals surface area contributed by atoms with Crippen molar-refractivity contribution in [2.45, 2.75) is 37.6 Å². The summed E-state index contributed by atoms with van der Waals surface area (Å²) >= 11 is 0. The first-order chi connectivity index (χ1) is 8.63. The van der Waals surface area contributed by atoms with Gasteiger partial charge in [0, 0.05) is 12.5 Å². The molecular formula is C14H19NO3. The Morgan fingerprint density at radius 2 is 2.33 bits per heavy atom. The standard InChI is InChI=1S/C14H19NO3/c1-18-14(17)7-3-5-10-9-4-2-6-13(16)11(9)8-12(10)15/h2,4,6,10,12,16H,3,5,7-8,15H2,1H3. The number of nitrogens with two attached hydrogens (primary N) is 1. The molecule has 0 spiro atoms. The maximum absolute atomic E-state index is 11.1. The molecule has 3 N–H and O–H groups in total. The third-order valence-corrected chi connectivity index (χ3v) is 3.67. The second kappa shape index (κ2) is 5.40. The van der Waals surface area contributed by atoms with Crippen molar-refractivity contribution in [2.24, 2.45) is 5.73 Å². The molecule has 0 saturated heterocycles. The molecule has 1 aliphatic carbocycles. The molecule has 0 bridgehead atoms. The van der Waals surface area contributed by atoms with Crippen LogP contribution in [-0.2, 0) is 16.0 Å². The lowest BCUT2D eigenvalue weighted by Crippen LogP contribution is -2.25. The number of benzene rings is 1. The zero-order valence-corrected chi connectivity index (χ0v) is 10.6. The summed E-state index contributed by atoms with van der Waals surface area (Å²) < 4.78 is 4.62. The Kier molecular flexibility index (Phi) is 3.87. The third-order valence-electron chi connectivity index (χ3n) is 3.67. The van der Waals surface area contributed by atoms with Crippen molar-refractivity contribution >= 4 is 5.97 Å². The van der Waals surface area contributed by atoms with Crippen molar-refractivity contribution in [3.05, 3.63) is 29.3 Å². The molecule has 1 aliphatic rings. The van der Waals surface area contributed by atoms with Gasteiger partial charge in [-0.3, -0.25) is 4.79 Å². The summed E-state index contributed by atoms with van der Waals surface area (Å²) in [5.74, 6) is 0.382. The highest BCUT2D eigenvalue weighted by Crippen LogP contribution is 2.39. The van der Waals surface area contributed by atoms with Crippen LogP contribution in [0.15, 0.2) is 18.2 Å².